The molecule has 1 saturated heterocycles. The van der Waals surface area contributed by atoms with Gasteiger partial charge in [0.15, 0.2) is 0 Å². The minimum atomic E-state index is 0.0802. The number of rotatable bonds is 5. The van der Waals surface area contributed by atoms with Crippen LogP contribution in [0.1, 0.15) is 60.8 Å². The van der Waals surface area contributed by atoms with E-state index in [0.717, 1.165) is 49.2 Å². The van der Waals surface area contributed by atoms with Gasteiger partial charge in [-0.05, 0) is 64.7 Å². The van der Waals surface area contributed by atoms with Gasteiger partial charge in [-0.15, -0.1) is 0 Å². The first-order valence-corrected chi connectivity index (χ1v) is 9.57. The fourth-order valence-electron chi connectivity index (χ4n) is 3.61. The summed E-state index contributed by atoms with van der Waals surface area (Å²) in [6, 6.07) is 1.93. The fourth-order valence-corrected chi connectivity index (χ4v) is 3.61. The summed E-state index contributed by atoms with van der Waals surface area (Å²) in [5, 5.41) is 4.78. The third kappa shape index (κ3) is 3.90. The van der Waals surface area contributed by atoms with E-state index in [9.17, 15) is 4.79 Å². The first-order valence-electron chi connectivity index (χ1n) is 9.57. The van der Waals surface area contributed by atoms with Crippen molar-refractivity contribution in [2.24, 2.45) is 5.92 Å². The second kappa shape index (κ2) is 7.74. The Hall–Kier alpha value is -1.95. The summed E-state index contributed by atoms with van der Waals surface area (Å²) >= 11 is 0. The van der Waals surface area contributed by atoms with Crippen molar-refractivity contribution in [2.45, 2.75) is 46.0 Å². The Morgan fingerprint density at radius 2 is 2.04 bits per heavy atom. The van der Waals surface area contributed by atoms with Crippen LogP contribution in [0.5, 0.6) is 0 Å². The van der Waals surface area contributed by atoms with Gasteiger partial charge in [-0.3, -0.25) is 4.79 Å². The molecular formula is C20H30N4O2. The number of carbonyl (C=O) groups excluding carboxylic acids is 1. The molecule has 0 N–H and O–H groups in total. The smallest absolute Gasteiger partial charge is 0.259 e. The number of likely N-dealkylation sites (tertiary alicyclic amines) is 1. The van der Waals surface area contributed by atoms with E-state index in [2.05, 4.69) is 43.0 Å². The average Bonchev–Trinajstić information content (AvgIpc) is 3.00. The third-order valence-corrected chi connectivity index (χ3v) is 5.35. The number of hydrogen-bond donors (Lipinski definition) is 0. The second-order valence-electron chi connectivity index (χ2n) is 8.03. The number of carbonyl (C=O) groups is 1. The van der Waals surface area contributed by atoms with Gasteiger partial charge in [0.2, 0.25) is 0 Å². The van der Waals surface area contributed by atoms with Crippen molar-refractivity contribution in [3.63, 3.8) is 0 Å². The highest BCUT2D eigenvalue weighted by Crippen LogP contribution is 2.28. The summed E-state index contributed by atoms with van der Waals surface area (Å²) in [7, 11) is 4.22. The molecule has 0 bridgehead atoms. The summed E-state index contributed by atoms with van der Waals surface area (Å²) in [6.07, 6.45) is 3.36. The van der Waals surface area contributed by atoms with Crippen LogP contribution in [0.25, 0.3) is 11.1 Å². The number of piperidine rings is 1. The van der Waals surface area contributed by atoms with Crippen LogP contribution >= 0.6 is 0 Å². The lowest BCUT2D eigenvalue weighted by molar-refractivity contribution is 0.0685. The van der Waals surface area contributed by atoms with Gasteiger partial charge in [-0.2, -0.15) is 0 Å². The first-order chi connectivity index (χ1) is 12.4. The molecule has 142 valence electrons. The van der Waals surface area contributed by atoms with E-state index in [4.69, 9.17) is 4.52 Å². The molecule has 1 aliphatic rings. The van der Waals surface area contributed by atoms with Gasteiger partial charge < -0.3 is 14.3 Å². The van der Waals surface area contributed by atoms with Crippen LogP contribution in [0, 0.1) is 12.8 Å². The van der Waals surface area contributed by atoms with Crippen molar-refractivity contribution in [1.82, 2.24) is 19.9 Å². The van der Waals surface area contributed by atoms with Crippen molar-refractivity contribution in [3.8, 4) is 0 Å². The molecule has 0 aromatic carbocycles. The lowest BCUT2D eigenvalue weighted by atomic mass is 9.92. The van der Waals surface area contributed by atoms with Crippen LogP contribution < -0.4 is 0 Å². The van der Waals surface area contributed by atoms with Crippen LogP contribution in [-0.2, 0) is 0 Å². The molecule has 0 unspecified atom stereocenters. The monoisotopic (exact) mass is 358 g/mol. The first kappa shape index (κ1) is 18.8. The maximum absolute atomic E-state index is 13.2. The molecule has 2 aromatic rings. The van der Waals surface area contributed by atoms with Gasteiger partial charge in [0, 0.05) is 18.8 Å². The maximum Gasteiger partial charge on any atom is 0.259 e. The average molecular weight is 358 g/mol. The molecule has 6 heteroatoms. The van der Waals surface area contributed by atoms with Crippen molar-refractivity contribution >= 4 is 17.0 Å². The highest BCUT2D eigenvalue weighted by Gasteiger charge is 2.27. The molecule has 1 aliphatic heterocycles. The quantitative estimate of drug-likeness (QED) is 0.819. The molecule has 0 aliphatic carbocycles. The van der Waals surface area contributed by atoms with Gasteiger partial charge in [0.1, 0.15) is 0 Å². The Labute approximate surface area is 155 Å². The molecule has 1 fully saturated rings. The minimum Gasteiger partial charge on any atom is -0.339 e. The molecule has 2 aromatic heterocycles. The molecule has 1 amide bonds. The van der Waals surface area contributed by atoms with Crippen LogP contribution in [0.15, 0.2) is 10.6 Å². The van der Waals surface area contributed by atoms with Crippen LogP contribution in [0.4, 0.5) is 0 Å². The lowest BCUT2D eigenvalue weighted by Gasteiger charge is -2.32. The van der Waals surface area contributed by atoms with Gasteiger partial charge >= 0.3 is 0 Å². The normalized spacial score (nSPS) is 16.2. The zero-order valence-electron chi connectivity index (χ0n) is 16.6. The number of aryl methyl sites for hydroxylation is 1. The molecule has 3 rings (SSSR count). The SMILES string of the molecule is Cc1noc2nc(C(C)C)cc(C(=O)N3CCC(CCN(C)C)CC3)c12. The van der Waals surface area contributed by atoms with Crippen molar-refractivity contribution < 1.29 is 9.32 Å². The standard InChI is InChI=1S/C20H30N4O2/c1-13(2)17-12-16(18-14(3)22-26-19(18)21-17)20(25)24-10-7-15(8-11-24)6-9-23(4)5/h12-13,15H,6-11H2,1-5H3. The van der Waals surface area contributed by atoms with E-state index in [-0.39, 0.29) is 11.8 Å². The summed E-state index contributed by atoms with van der Waals surface area (Å²) in [5.74, 6) is 1.02. The molecule has 0 spiro atoms. The molecule has 26 heavy (non-hydrogen) atoms. The van der Waals surface area contributed by atoms with E-state index in [1.807, 2.05) is 17.9 Å². The number of fused-ring (bicyclic) bond motifs is 1. The summed E-state index contributed by atoms with van der Waals surface area (Å²) in [6.45, 7) is 8.77. The fraction of sp³-hybridized carbons (Fsp3) is 0.650. The molecule has 3 heterocycles. The second-order valence-corrected chi connectivity index (χ2v) is 8.03. The summed E-state index contributed by atoms with van der Waals surface area (Å²) in [4.78, 5) is 22.0. The summed E-state index contributed by atoms with van der Waals surface area (Å²) < 4.78 is 5.35. The third-order valence-electron chi connectivity index (χ3n) is 5.35. The Morgan fingerprint density at radius 1 is 1.35 bits per heavy atom. The number of nitrogens with zero attached hydrogens (tertiary/aromatic N) is 4. The van der Waals surface area contributed by atoms with Crippen molar-refractivity contribution in [2.75, 3.05) is 33.7 Å². The van der Waals surface area contributed by atoms with E-state index >= 15 is 0 Å². The number of amides is 1. The lowest BCUT2D eigenvalue weighted by Crippen LogP contribution is -2.39. The highest BCUT2D eigenvalue weighted by molar-refractivity contribution is 6.06. The van der Waals surface area contributed by atoms with Crippen LogP contribution in [0.3, 0.4) is 0 Å². The van der Waals surface area contributed by atoms with E-state index in [1.54, 1.807) is 0 Å². The highest BCUT2D eigenvalue weighted by atomic mass is 16.5. The predicted molar refractivity (Wildman–Crippen MR) is 102 cm³/mol. The van der Waals surface area contributed by atoms with Gasteiger partial charge in [0.05, 0.1) is 16.6 Å². The van der Waals surface area contributed by atoms with Gasteiger partial charge in [0.25, 0.3) is 11.6 Å². The van der Waals surface area contributed by atoms with Crippen LogP contribution in [-0.4, -0.2) is 59.6 Å². The van der Waals surface area contributed by atoms with Gasteiger partial charge in [-0.1, -0.05) is 19.0 Å². The number of pyridine rings is 1. The summed E-state index contributed by atoms with van der Waals surface area (Å²) in [5.41, 5.74) is 2.76. The van der Waals surface area contributed by atoms with E-state index < -0.39 is 0 Å². The molecule has 0 radical (unpaired) electrons. The Morgan fingerprint density at radius 3 is 2.65 bits per heavy atom. The zero-order chi connectivity index (χ0) is 18.8. The maximum atomic E-state index is 13.2. The molecule has 0 atom stereocenters. The largest absolute Gasteiger partial charge is 0.339 e. The molecule has 0 saturated carbocycles. The number of aromatic nitrogens is 2. The predicted octanol–water partition coefficient (Wildman–Crippen LogP) is 3.46. The minimum absolute atomic E-state index is 0.0802. The van der Waals surface area contributed by atoms with Crippen LogP contribution in [0.2, 0.25) is 0 Å². The van der Waals surface area contributed by atoms with Crippen molar-refractivity contribution in [1.29, 1.82) is 0 Å². The number of hydrogen-bond acceptors (Lipinski definition) is 5. The molecule has 6 nitrogen and oxygen atoms in total. The van der Waals surface area contributed by atoms with E-state index in [1.165, 1.54) is 6.42 Å². The van der Waals surface area contributed by atoms with Crippen molar-refractivity contribution in [3.05, 3.63) is 23.0 Å². The topological polar surface area (TPSA) is 62.5 Å². The Bertz CT molecular complexity index is 773. The molecular weight excluding hydrogens is 328 g/mol. The van der Waals surface area contributed by atoms with E-state index in [0.29, 0.717) is 17.2 Å². The zero-order valence-corrected chi connectivity index (χ0v) is 16.6. The van der Waals surface area contributed by atoms with Gasteiger partial charge in [-0.25, -0.2) is 4.98 Å². The Kier molecular flexibility index (Phi) is 5.61. The Balaban J connectivity index is 1.79.